The van der Waals surface area contributed by atoms with Crippen LogP contribution in [0, 0.1) is 0 Å². The van der Waals surface area contributed by atoms with E-state index in [4.69, 9.17) is 9.47 Å². The van der Waals surface area contributed by atoms with Gasteiger partial charge in [0, 0.05) is 33.2 Å². The van der Waals surface area contributed by atoms with Crippen LogP contribution in [0.1, 0.15) is 12.8 Å². The summed E-state index contributed by atoms with van der Waals surface area (Å²) in [5, 5.41) is 0. The molecule has 1 aliphatic rings. The van der Waals surface area contributed by atoms with Gasteiger partial charge in [-0.2, -0.15) is 0 Å². The van der Waals surface area contributed by atoms with Gasteiger partial charge in [-0.05, 0) is 0 Å². The fraction of sp³-hybridized carbons (Fsp3) is 1.00. The van der Waals surface area contributed by atoms with Crippen LogP contribution in [-0.2, 0) is 20.2 Å². The van der Waals surface area contributed by atoms with Crippen molar-refractivity contribution in [2.45, 2.75) is 18.4 Å². The van der Waals surface area contributed by atoms with Gasteiger partial charge in [0.15, 0.2) is 0 Å². The van der Waals surface area contributed by atoms with Gasteiger partial charge in [-0.3, -0.25) is 0 Å². The first kappa shape index (κ1) is 9.95. The lowest BCUT2D eigenvalue weighted by Crippen LogP contribution is -2.42. The normalized spacial score (nSPS) is 22.8. The van der Waals surface area contributed by atoms with Crippen LogP contribution in [0.2, 0.25) is 0 Å². The van der Waals surface area contributed by atoms with Gasteiger partial charge >= 0.3 is 0 Å². The largest absolute Gasteiger partial charge is 0.381 e. The van der Waals surface area contributed by atoms with Crippen molar-refractivity contribution in [2.75, 3.05) is 26.1 Å². The third-order valence-corrected chi connectivity index (χ3v) is 3.09. The van der Waals surface area contributed by atoms with Crippen molar-refractivity contribution in [1.29, 1.82) is 0 Å². The molecule has 1 aliphatic heterocycles. The van der Waals surface area contributed by atoms with E-state index in [1.54, 1.807) is 7.11 Å². The highest BCUT2D eigenvalue weighted by Crippen LogP contribution is 2.24. The van der Waals surface area contributed by atoms with E-state index in [0.717, 1.165) is 0 Å². The van der Waals surface area contributed by atoms with Gasteiger partial charge in [-0.25, -0.2) is 8.42 Å². The molecule has 12 heavy (non-hydrogen) atoms. The van der Waals surface area contributed by atoms with Crippen LogP contribution >= 0.6 is 0 Å². The topological polar surface area (TPSA) is 52.6 Å². The van der Waals surface area contributed by atoms with Crippen molar-refractivity contribution in [3.05, 3.63) is 0 Å². The third-order valence-electron chi connectivity index (χ3n) is 2.25. The Hall–Kier alpha value is -0.130. The van der Waals surface area contributed by atoms with Crippen LogP contribution in [0.5, 0.6) is 0 Å². The van der Waals surface area contributed by atoms with Gasteiger partial charge in [-0.15, -0.1) is 0 Å². The molecule has 1 rings (SSSR count). The first-order chi connectivity index (χ1) is 5.68. The van der Waals surface area contributed by atoms with Gasteiger partial charge < -0.3 is 9.47 Å². The number of hydrogen-bond acceptors (Lipinski definition) is 4. The summed E-state index contributed by atoms with van der Waals surface area (Å²) in [7, 11) is -0.799. The SMILES string of the molecule is COC1(C[SH](=O)=O)CCOCC1. The molecule has 0 aromatic carbocycles. The van der Waals surface area contributed by atoms with E-state index in [-0.39, 0.29) is 5.75 Å². The molecule has 1 saturated heterocycles. The second-order valence-electron chi connectivity index (χ2n) is 2.99. The summed E-state index contributed by atoms with van der Waals surface area (Å²) in [6, 6.07) is 0. The third kappa shape index (κ3) is 2.43. The lowest BCUT2D eigenvalue weighted by molar-refractivity contribution is -0.0747. The molecule has 0 spiro atoms. The smallest absolute Gasteiger partial charge is 0.142 e. The maximum Gasteiger partial charge on any atom is 0.142 e. The predicted octanol–water partition coefficient (Wildman–Crippen LogP) is -0.207. The lowest BCUT2D eigenvalue weighted by atomic mass is 9.97. The molecule has 0 atom stereocenters. The molecule has 4 nitrogen and oxygen atoms in total. The zero-order valence-electron chi connectivity index (χ0n) is 7.12. The highest BCUT2D eigenvalue weighted by Gasteiger charge is 2.33. The molecule has 5 heteroatoms. The molecule has 0 unspecified atom stereocenters. The molecule has 1 heterocycles. The van der Waals surface area contributed by atoms with E-state index >= 15 is 0 Å². The Balaban J connectivity index is 2.59. The summed E-state index contributed by atoms with van der Waals surface area (Å²) < 4.78 is 31.5. The van der Waals surface area contributed by atoms with Gasteiger partial charge in [0.1, 0.15) is 10.7 Å². The molecule has 0 bridgehead atoms. The maximum atomic E-state index is 10.5. The average Bonchev–Trinajstić information content (AvgIpc) is 2.05. The number of thiol groups is 1. The summed E-state index contributed by atoms with van der Waals surface area (Å²) in [5.41, 5.74) is -0.479. The van der Waals surface area contributed by atoms with Crippen LogP contribution in [0.25, 0.3) is 0 Å². The minimum Gasteiger partial charge on any atom is -0.381 e. The average molecular weight is 194 g/mol. The Labute approximate surface area is 73.8 Å². The number of rotatable bonds is 3. The first-order valence-corrected chi connectivity index (χ1v) is 5.29. The zero-order chi connectivity index (χ0) is 9.03. The summed E-state index contributed by atoms with van der Waals surface area (Å²) in [6.07, 6.45) is 1.35. The molecule has 0 aliphatic carbocycles. The number of ether oxygens (including phenoxy) is 2. The van der Waals surface area contributed by atoms with Crippen molar-refractivity contribution in [2.24, 2.45) is 0 Å². The minimum absolute atomic E-state index is 0.113. The van der Waals surface area contributed by atoms with Crippen LogP contribution in [-0.4, -0.2) is 40.1 Å². The maximum absolute atomic E-state index is 10.5. The van der Waals surface area contributed by atoms with Gasteiger partial charge in [-0.1, -0.05) is 0 Å². The quantitative estimate of drug-likeness (QED) is 0.632. The Bertz CT molecular complexity index is 197. The van der Waals surface area contributed by atoms with Crippen molar-refractivity contribution in [1.82, 2.24) is 0 Å². The van der Waals surface area contributed by atoms with Gasteiger partial charge in [0.05, 0.1) is 11.4 Å². The van der Waals surface area contributed by atoms with Crippen molar-refractivity contribution < 1.29 is 17.9 Å². The monoisotopic (exact) mass is 194 g/mol. The first-order valence-electron chi connectivity index (χ1n) is 3.93. The van der Waals surface area contributed by atoms with Crippen LogP contribution in [0.4, 0.5) is 0 Å². The second kappa shape index (κ2) is 4.20. The molecular formula is C7H14O4S. The standard InChI is InChI=1S/C7H14O4S/c1-10-7(6-12(8)9)2-4-11-5-3-7/h12H,2-6H2,1H3. The van der Waals surface area contributed by atoms with Crippen LogP contribution in [0.3, 0.4) is 0 Å². The van der Waals surface area contributed by atoms with Crippen molar-refractivity contribution >= 4 is 10.7 Å². The highest BCUT2D eigenvalue weighted by molar-refractivity contribution is 7.72. The van der Waals surface area contributed by atoms with E-state index in [9.17, 15) is 8.42 Å². The fourth-order valence-corrected chi connectivity index (χ4v) is 2.32. The summed E-state index contributed by atoms with van der Waals surface area (Å²) in [6.45, 7) is 1.19. The van der Waals surface area contributed by atoms with Gasteiger partial charge in [0.25, 0.3) is 0 Å². The molecule has 0 radical (unpaired) electrons. The van der Waals surface area contributed by atoms with E-state index in [2.05, 4.69) is 0 Å². The van der Waals surface area contributed by atoms with E-state index < -0.39 is 16.3 Å². The molecule has 0 N–H and O–H groups in total. The molecule has 0 aromatic rings. The van der Waals surface area contributed by atoms with E-state index in [0.29, 0.717) is 26.1 Å². The van der Waals surface area contributed by atoms with E-state index in [1.165, 1.54) is 0 Å². The number of methoxy groups -OCH3 is 1. The molecule has 1 fully saturated rings. The predicted molar refractivity (Wildman–Crippen MR) is 45.0 cm³/mol. The summed E-state index contributed by atoms with van der Waals surface area (Å²) >= 11 is 0. The Morgan fingerprint density at radius 3 is 2.42 bits per heavy atom. The zero-order valence-corrected chi connectivity index (χ0v) is 8.01. The number of hydrogen-bond donors (Lipinski definition) is 1. The lowest BCUT2D eigenvalue weighted by Gasteiger charge is -2.33. The van der Waals surface area contributed by atoms with Crippen LogP contribution in [0.15, 0.2) is 0 Å². The summed E-state index contributed by atoms with van der Waals surface area (Å²) in [5.74, 6) is 0.113. The molecule has 0 aromatic heterocycles. The Morgan fingerprint density at radius 1 is 1.42 bits per heavy atom. The molecular weight excluding hydrogens is 180 g/mol. The van der Waals surface area contributed by atoms with Crippen molar-refractivity contribution in [3.8, 4) is 0 Å². The molecule has 72 valence electrons. The Morgan fingerprint density at radius 2 is 2.00 bits per heavy atom. The Kier molecular flexibility index (Phi) is 3.49. The van der Waals surface area contributed by atoms with Gasteiger partial charge in [0.2, 0.25) is 0 Å². The highest BCUT2D eigenvalue weighted by atomic mass is 32.2. The van der Waals surface area contributed by atoms with Crippen molar-refractivity contribution in [3.63, 3.8) is 0 Å². The summed E-state index contributed by atoms with van der Waals surface area (Å²) in [4.78, 5) is 0. The minimum atomic E-state index is -2.36. The molecule has 0 saturated carbocycles. The fourth-order valence-electron chi connectivity index (χ4n) is 1.41. The molecule has 0 amide bonds. The van der Waals surface area contributed by atoms with Crippen LogP contribution < -0.4 is 0 Å². The van der Waals surface area contributed by atoms with E-state index in [1.807, 2.05) is 0 Å². The second-order valence-corrected chi connectivity index (χ2v) is 3.97.